The van der Waals surface area contributed by atoms with E-state index < -0.39 is 0 Å². The third-order valence-corrected chi connectivity index (χ3v) is 10.9. The van der Waals surface area contributed by atoms with Gasteiger partial charge in [-0.1, -0.05) is 78.5 Å². The Morgan fingerprint density at radius 3 is 2.42 bits per heavy atom. The second kappa shape index (κ2) is 8.21. The Balaban J connectivity index is 1.54. The van der Waals surface area contributed by atoms with Gasteiger partial charge in [0.15, 0.2) is 0 Å². The molecule has 3 saturated carbocycles. The lowest BCUT2D eigenvalue weighted by Crippen LogP contribution is -2.53. The average molecular weight is 428 g/mol. The van der Waals surface area contributed by atoms with Gasteiger partial charge in [0.25, 0.3) is 0 Å². The molecule has 0 aliphatic heterocycles. The Labute approximate surface area is 192 Å². The molecule has 2 heteroatoms. The van der Waals surface area contributed by atoms with Crippen LogP contribution in [0.15, 0.2) is 16.8 Å². The van der Waals surface area contributed by atoms with E-state index in [2.05, 4.69) is 59.7 Å². The van der Waals surface area contributed by atoms with Crippen molar-refractivity contribution in [3.8, 4) is 0 Å². The highest BCUT2D eigenvalue weighted by Gasteiger charge is 2.60. The molecule has 3 fully saturated rings. The fourth-order valence-corrected chi connectivity index (χ4v) is 9.37. The van der Waals surface area contributed by atoms with Crippen molar-refractivity contribution < 1.29 is 5.21 Å². The number of rotatable bonds is 5. The van der Waals surface area contributed by atoms with Crippen molar-refractivity contribution in [1.29, 1.82) is 0 Å². The van der Waals surface area contributed by atoms with E-state index in [1.165, 1.54) is 57.8 Å². The minimum atomic E-state index is -0.0290. The Bertz CT molecular complexity index is 733. The van der Waals surface area contributed by atoms with Gasteiger partial charge < -0.3 is 5.21 Å². The zero-order chi connectivity index (χ0) is 22.6. The van der Waals surface area contributed by atoms with Crippen molar-refractivity contribution in [2.45, 2.75) is 113 Å². The summed E-state index contributed by atoms with van der Waals surface area (Å²) in [5.41, 5.74) is 3.32. The second-order valence-corrected chi connectivity index (χ2v) is 13.6. The topological polar surface area (TPSA) is 32.6 Å². The number of fused-ring (bicyclic) bond motifs is 5. The summed E-state index contributed by atoms with van der Waals surface area (Å²) in [6.45, 7) is 17.1. The summed E-state index contributed by atoms with van der Waals surface area (Å²) in [4.78, 5) is 0. The molecule has 4 rings (SSSR count). The highest BCUT2D eigenvalue weighted by atomic mass is 16.4. The maximum Gasteiger partial charge on any atom is 0.0851 e. The van der Waals surface area contributed by atoms with Gasteiger partial charge in [0, 0.05) is 5.41 Å². The quantitative estimate of drug-likeness (QED) is 0.346. The van der Waals surface area contributed by atoms with Crippen LogP contribution in [0.5, 0.6) is 0 Å². The van der Waals surface area contributed by atoms with E-state index in [1.54, 1.807) is 5.57 Å². The van der Waals surface area contributed by atoms with Crippen LogP contribution < -0.4 is 0 Å². The van der Waals surface area contributed by atoms with E-state index >= 15 is 0 Å². The first kappa shape index (κ1) is 23.4. The third kappa shape index (κ3) is 3.82. The molecule has 2 nitrogen and oxygen atoms in total. The number of nitrogens with zero attached hydrogens (tertiary/aromatic N) is 1. The molecule has 31 heavy (non-hydrogen) atoms. The van der Waals surface area contributed by atoms with Gasteiger partial charge in [-0.25, -0.2) is 0 Å². The van der Waals surface area contributed by atoms with E-state index in [0.29, 0.717) is 10.8 Å². The fourth-order valence-electron chi connectivity index (χ4n) is 9.37. The van der Waals surface area contributed by atoms with Crippen LogP contribution in [0.25, 0.3) is 0 Å². The molecule has 4 aliphatic rings. The molecule has 0 bridgehead atoms. The summed E-state index contributed by atoms with van der Waals surface area (Å²) in [6.07, 6.45) is 16.0. The van der Waals surface area contributed by atoms with Crippen molar-refractivity contribution >= 4 is 5.71 Å². The van der Waals surface area contributed by atoms with Crippen LogP contribution >= 0.6 is 0 Å². The van der Waals surface area contributed by atoms with E-state index in [9.17, 15) is 5.21 Å². The Kier molecular flexibility index (Phi) is 6.19. The second-order valence-electron chi connectivity index (χ2n) is 13.6. The maximum atomic E-state index is 9.61. The number of hydrogen-bond acceptors (Lipinski definition) is 2. The molecule has 4 aliphatic carbocycles. The van der Waals surface area contributed by atoms with Gasteiger partial charge in [0.1, 0.15) is 0 Å². The van der Waals surface area contributed by atoms with E-state index in [-0.39, 0.29) is 5.41 Å². The fraction of sp³-hybridized carbons (Fsp3) is 0.897. The predicted molar refractivity (Wildman–Crippen MR) is 131 cm³/mol. The zero-order valence-corrected chi connectivity index (χ0v) is 21.5. The highest BCUT2D eigenvalue weighted by Crippen LogP contribution is 2.68. The van der Waals surface area contributed by atoms with Crippen LogP contribution in [0.3, 0.4) is 0 Å². The number of allylic oxidation sites excluding steroid dienone is 2. The molecule has 1 N–H and O–H groups in total. The van der Waals surface area contributed by atoms with Crippen LogP contribution in [-0.2, 0) is 0 Å². The van der Waals surface area contributed by atoms with Crippen molar-refractivity contribution in [2.75, 3.05) is 0 Å². The van der Waals surface area contributed by atoms with Crippen molar-refractivity contribution in [3.63, 3.8) is 0 Å². The molecular weight excluding hydrogens is 378 g/mol. The van der Waals surface area contributed by atoms with Gasteiger partial charge in [-0.05, 0) is 97.4 Å². The summed E-state index contributed by atoms with van der Waals surface area (Å²) in [5.74, 6) is 5.31. The van der Waals surface area contributed by atoms with Crippen molar-refractivity contribution in [3.05, 3.63) is 11.6 Å². The summed E-state index contributed by atoms with van der Waals surface area (Å²) in [5, 5.41) is 13.3. The lowest BCUT2D eigenvalue weighted by atomic mass is 9.44. The summed E-state index contributed by atoms with van der Waals surface area (Å²) in [6, 6.07) is 0. The highest BCUT2D eigenvalue weighted by molar-refractivity contribution is 6.00. The van der Waals surface area contributed by atoms with Gasteiger partial charge >= 0.3 is 0 Å². The molecular formula is C29H49NO. The van der Waals surface area contributed by atoms with Gasteiger partial charge in [-0.3, -0.25) is 0 Å². The molecule has 7 atom stereocenters. The SMILES string of the molecule is CC(C)CCC[C@@H](C)[C@H]1CC[C@H]2[C@@H]3CCC4=CC(=NO)C(C)(C)C[C@]4(C)[C@H]3CC[C@]12C. The van der Waals surface area contributed by atoms with Crippen LogP contribution in [0, 0.1) is 51.8 Å². The Hall–Kier alpha value is -0.790. The molecule has 0 amide bonds. The van der Waals surface area contributed by atoms with Gasteiger partial charge in [0.2, 0.25) is 0 Å². The van der Waals surface area contributed by atoms with Crippen LogP contribution in [-0.4, -0.2) is 10.9 Å². The van der Waals surface area contributed by atoms with E-state index in [0.717, 1.165) is 47.6 Å². The molecule has 0 heterocycles. The summed E-state index contributed by atoms with van der Waals surface area (Å²) < 4.78 is 0. The predicted octanol–water partition coefficient (Wildman–Crippen LogP) is 8.49. The number of oxime groups is 1. The molecule has 0 radical (unpaired) electrons. The molecule has 0 spiro atoms. The standard InChI is InChI=1S/C29H49NO/c1-19(2)9-8-10-20(3)23-13-14-24-22-12-11-21-17-26(30-31)27(4,5)18-29(21,7)25(22)15-16-28(23,24)6/h17,19-20,22-25,31H,8-16,18H2,1-7H3/t20-,22+,23-,24+,25+,28-,29+/m1/s1. The van der Waals surface area contributed by atoms with Gasteiger partial charge in [-0.15, -0.1) is 0 Å². The van der Waals surface area contributed by atoms with Gasteiger partial charge in [0.05, 0.1) is 5.71 Å². The zero-order valence-electron chi connectivity index (χ0n) is 21.5. The minimum Gasteiger partial charge on any atom is -0.411 e. The van der Waals surface area contributed by atoms with Crippen molar-refractivity contribution in [1.82, 2.24) is 0 Å². The van der Waals surface area contributed by atoms with Crippen LogP contribution in [0.4, 0.5) is 0 Å². The molecule has 0 unspecified atom stereocenters. The lowest BCUT2D eigenvalue weighted by Gasteiger charge is -2.60. The van der Waals surface area contributed by atoms with Crippen LogP contribution in [0.2, 0.25) is 0 Å². The first-order chi connectivity index (χ1) is 14.5. The lowest BCUT2D eigenvalue weighted by molar-refractivity contribution is -0.0635. The largest absolute Gasteiger partial charge is 0.411 e. The Morgan fingerprint density at radius 1 is 1.00 bits per heavy atom. The summed E-state index contributed by atoms with van der Waals surface area (Å²) >= 11 is 0. The smallest absolute Gasteiger partial charge is 0.0851 e. The van der Waals surface area contributed by atoms with E-state index in [1.807, 2.05) is 0 Å². The molecule has 0 aromatic rings. The first-order valence-corrected chi connectivity index (χ1v) is 13.5. The van der Waals surface area contributed by atoms with Crippen molar-refractivity contribution in [2.24, 2.45) is 56.9 Å². The molecule has 0 aromatic heterocycles. The maximum absolute atomic E-state index is 9.61. The Morgan fingerprint density at radius 2 is 1.74 bits per heavy atom. The summed E-state index contributed by atoms with van der Waals surface area (Å²) in [7, 11) is 0. The average Bonchev–Trinajstić information content (AvgIpc) is 3.03. The van der Waals surface area contributed by atoms with Crippen LogP contribution in [0.1, 0.15) is 113 Å². The van der Waals surface area contributed by atoms with Gasteiger partial charge in [-0.2, -0.15) is 0 Å². The molecule has 176 valence electrons. The first-order valence-electron chi connectivity index (χ1n) is 13.5. The van der Waals surface area contributed by atoms with E-state index in [4.69, 9.17) is 0 Å². The normalized spacial score (nSPS) is 43.9. The molecule has 0 aromatic carbocycles. The minimum absolute atomic E-state index is 0.0290. The third-order valence-electron chi connectivity index (χ3n) is 10.9. The monoisotopic (exact) mass is 427 g/mol. The number of hydrogen-bond donors (Lipinski definition) is 1. The molecule has 0 saturated heterocycles.